The van der Waals surface area contributed by atoms with Crippen molar-refractivity contribution < 1.29 is 46.2 Å². The molecule has 1 aliphatic heterocycles. The van der Waals surface area contributed by atoms with E-state index in [-0.39, 0.29) is 25.3 Å². The van der Waals surface area contributed by atoms with Gasteiger partial charge in [0.25, 0.3) is 5.91 Å². The van der Waals surface area contributed by atoms with Crippen LogP contribution in [0.2, 0.25) is 0 Å². The average Bonchev–Trinajstić information content (AvgIpc) is 3.97. The van der Waals surface area contributed by atoms with E-state index in [4.69, 9.17) is 23.6 Å². The lowest BCUT2D eigenvalue weighted by atomic mass is 9.85. The van der Waals surface area contributed by atoms with Crippen molar-refractivity contribution >= 4 is 44.6 Å². The number of nitrogens with zero attached hydrogens (tertiary/aromatic N) is 2. The van der Waals surface area contributed by atoms with Crippen molar-refractivity contribution in [1.29, 1.82) is 0 Å². The van der Waals surface area contributed by atoms with Gasteiger partial charge in [-0.2, -0.15) is 0 Å². The summed E-state index contributed by atoms with van der Waals surface area (Å²) in [6.45, 7) is 14.1. The number of benzene rings is 1. The molecule has 0 spiro atoms. The molecule has 0 bridgehead atoms. The number of rotatable bonds is 12. The number of aromatic nitrogens is 1. The molecule has 3 fully saturated rings. The second kappa shape index (κ2) is 14.5. The standard InChI is InChI=1S/C39H49N5O10S/c1-9-24-19-39(24,35(47)43-55(49,50)27-11-12-27)42-32(45)30-18-26(20-44(30)34(46)31(37(2,3)4)41-36(48)54-38(5,6)7)53-33-28-13-10-25(51-8)16-23(28)17-29(40-33)22-14-15-52-21-22/h9-10,13-17,21,24,26-27,30-31H,1,11-12,18-20H2,2-8H3,(H,41,48)(H,42,45)(H,43,47). The second-order valence-electron chi connectivity index (χ2n) is 16.5. The molecule has 2 saturated carbocycles. The minimum absolute atomic E-state index is 0.0209. The van der Waals surface area contributed by atoms with Crippen LogP contribution in [0.1, 0.15) is 67.2 Å². The van der Waals surface area contributed by atoms with Crippen LogP contribution in [0.25, 0.3) is 22.0 Å². The molecule has 16 heteroatoms. The zero-order chi connectivity index (χ0) is 40.1. The normalized spacial score (nSPS) is 23.0. The Hall–Kier alpha value is -5.12. The van der Waals surface area contributed by atoms with Crippen molar-refractivity contribution in [3.63, 3.8) is 0 Å². The predicted molar refractivity (Wildman–Crippen MR) is 202 cm³/mol. The lowest BCUT2D eigenvalue weighted by molar-refractivity contribution is -0.143. The topological polar surface area (TPSA) is 195 Å². The highest BCUT2D eigenvalue weighted by molar-refractivity contribution is 7.91. The number of hydrogen-bond donors (Lipinski definition) is 3. The molecule has 55 heavy (non-hydrogen) atoms. The molecular weight excluding hydrogens is 731 g/mol. The minimum atomic E-state index is -3.92. The highest BCUT2D eigenvalue weighted by atomic mass is 32.2. The first-order valence-electron chi connectivity index (χ1n) is 18.2. The first-order valence-corrected chi connectivity index (χ1v) is 19.8. The highest BCUT2D eigenvalue weighted by Crippen LogP contribution is 2.46. The molecule has 3 aromatic rings. The predicted octanol–water partition coefficient (Wildman–Crippen LogP) is 4.46. The summed E-state index contributed by atoms with van der Waals surface area (Å²) in [4.78, 5) is 61.7. The summed E-state index contributed by atoms with van der Waals surface area (Å²) in [7, 11) is -2.36. The number of amides is 4. The monoisotopic (exact) mass is 779 g/mol. The number of likely N-dealkylation sites (tertiary alicyclic amines) is 1. The van der Waals surface area contributed by atoms with Gasteiger partial charge in [-0.3, -0.25) is 19.1 Å². The lowest BCUT2D eigenvalue weighted by Gasteiger charge is -2.36. The molecule has 5 unspecified atom stereocenters. The molecular formula is C39H49N5O10S. The molecule has 296 valence electrons. The van der Waals surface area contributed by atoms with Crippen LogP contribution in [0.5, 0.6) is 11.6 Å². The van der Waals surface area contributed by atoms with Crippen molar-refractivity contribution in [1.82, 2.24) is 25.2 Å². The molecule has 2 aliphatic carbocycles. The SMILES string of the molecule is C=CC1CC1(NC(=O)C1CC(Oc2nc(-c3ccoc3)cc3cc(OC)ccc23)CN1C(=O)C(NC(=O)OC(C)(C)C)C(C)(C)C)C(=O)NS(=O)(=O)C1CC1. The molecule has 2 aromatic heterocycles. The van der Waals surface area contributed by atoms with E-state index in [9.17, 15) is 27.6 Å². The largest absolute Gasteiger partial charge is 0.497 e. The quantitative estimate of drug-likeness (QED) is 0.220. The summed E-state index contributed by atoms with van der Waals surface area (Å²) >= 11 is 0. The van der Waals surface area contributed by atoms with Crippen LogP contribution >= 0.6 is 0 Å². The van der Waals surface area contributed by atoms with Crippen LogP contribution in [0.15, 0.2) is 59.9 Å². The zero-order valence-corrected chi connectivity index (χ0v) is 32.9. The fourth-order valence-corrected chi connectivity index (χ4v) is 8.13. The third-order valence-electron chi connectivity index (χ3n) is 9.97. The third-order valence-corrected chi connectivity index (χ3v) is 11.8. The number of carbonyl (C=O) groups is 4. The van der Waals surface area contributed by atoms with Gasteiger partial charge in [0.05, 0.1) is 37.1 Å². The van der Waals surface area contributed by atoms with Crippen LogP contribution < -0.4 is 24.8 Å². The van der Waals surface area contributed by atoms with Gasteiger partial charge in [-0.05, 0) is 81.2 Å². The van der Waals surface area contributed by atoms with E-state index < -0.39 is 79.7 Å². The fraction of sp³-hybridized carbons (Fsp3) is 0.513. The van der Waals surface area contributed by atoms with E-state index in [1.807, 2.05) is 12.1 Å². The maximum absolute atomic E-state index is 14.6. The molecule has 3 N–H and O–H groups in total. The Balaban J connectivity index is 1.34. The molecule has 3 aliphatic rings. The molecule has 0 radical (unpaired) electrons. The van der Waals surface area contributed by atoms with Gasteiger partial charge in [0.15, 0.2) is 0 Å². The Morgan fingerprint density at radius 3 is 2.40 bits per heavy atom. The summed E-state index contributed by atoms with van der Waals surface area (Å²) in [5, 5.41) is 6.25. The molecule has 1 aromatic carbocycles. The maximum atomic E-state index is 14.6. The first kappa shape index (κ1) is 39.6. The summed E-state index contributed by atoms with van der Waals surface area (Å²) in [5.41, 5.74) is -2.01. The number of carbonyl (C=O) groups excluding carboxylic acids is 4. The summed E-state index contributed by atoms with van der Waals surface area (Å²) in [5.74, 6) is -1.82. The zero-order valence-electron chi connectivity index (χ0n) is 32.1. The van der Waals surface area contributed by atoms with Gasteiger partial charge in [-0.25, -0.2) is 18.2 Å². The van der Waals surface area contributed by atoms with Gasteiger partial charge in [-0.15, -0.1) is 6.58 Å². The van der Waals surface area contributed by atoms with Gasteiger partial charge < -0.3 is 34.2 Å². The Kier molecular flexibility index (Phi) is 10.4. The number of fused-ring (bicyclic) bond motifs is 1. The number of ether oxygens (including phenoxy) is 3. The number of furan rings is 1. The van der Waals surface area contributed by atoms with Crippen molar-refractivity contribution in [3.8, 4) is 22.9 Å². The average molecular weight is 780 g/mol. The number of nitrogens with one attached hydrogen (secondary N) is 3. The molecule has 15 nitrogen and oxygen atoms in total. The van der Waals surface area contributed by atoms with Crippen LogP contribution in [0, 0.1) is 11.3 Å². The fourth-order valence-electron chi connectivity index (χ4n) is 6.77. The summed E-state index contributed by atoms with van der Waals surface area (Å²) in [6, 6.07) is 6.70. The number of pyridine rings is 1. The second-order valence-corrected chi connectivity index (χ2v) is 18.5. The number of hydrogen-bond acceptors (Lipinski definition) is 11. The molecule has 5 atom stereocenters. The Morgan fingerprint density at radius 2 is 1.82 bits per heavy atom. The van der Waals surface area contributed by atoms with E-state index in [0.29, 0.717) is 35.2 Å². The van der Waals surface area contributed by atoms with Crippen molar-refractivity contribution in [2.45, 2.75) is 102 Å². The van der Waals surface area contributed by atoms with Crippen LogP contribution in [0.4, 0.5) is 4.79 Å². The molecule has 3 heterocycles. The Labute approximate surface area is 320 Å². The van der Waals surface area contributed by atoms with Crippen LogP contribution in [-0.4, -0.2) is 90.3 Å². The molecule has 4 amide bonds. The smallest absolute Gasteiger partial charge is 0.408 e. The first-order chi connectivity index (χ1) is 25.7. The summed E-state index contributed by atoms with van der Waals surface area (Å²) < 4.78 is 50.4. The van der Waals surface area contributed by atoms with Crippen LogP contribution in [0.3, 0.4) is 0 Å². The van der Waals surface area contributed by atoms with Gasteiger partial charge in [0, 0.05) is 23.3 Å². The van der Waals surface area contributed by atoms with E-state index in [1.54, 1.807) is 73.1 Å². The lowest BCUT2D eigenvalue weighted by Crippen LogP contribution is -2.60. The Morgan fingerprint density at radius 1 is 1.09 bits per heavy atom. The van der Waals surface area contributed by atoms with E-state index in [2.05, 4.69) is 21.9 Å². The number of alkyl carbamates (subject to hydrolysis) is 1. The van der Waals surface area contributed by atoms with Crippen molar-refractivity contribution in [2.24, 2.45) is 11.3 Å². The van der Waals surface area contributed by atoms with Gasteiger partial charge in [0.2, 0.25) is 27.7 Å². The van der Waals surface area contributed by atoms with E-state index in [0.717, 1.165) is 5.39 Å². The van der Waals surface area contributed by atoms with Gasteiger partial charge >= 0.3 is 6.09 Å². The molecule has 1 saturated heterocycles. The Bertz CT molecular complexity index is 2100. The third kappa shape index (κ3) is 8.58. The van der Waals surface area contributed by atoms with Gasteiger partial charge in [-0.1, -0.05) is 26.8 Å². The minimum Gasteiger partial charge on any atom is -0.497 e. The summed E-state index contributed by atoms with van der Waals surface area (Å²) in [6.07, 6.45) is 3.97. The molecule has 6 rings (SSSR count). The maximum Gasteiger partial charge on any atom is 0.408 e. The highest BCUT2D eigenvalue weighted by Gasteiger charge is 2.62. The van der Waals surface area contributed by atoms with E-state index in [1.165, 1.54) is 17.2 Å². The van der Waals surface area contributed by atoms with Gasteiger partial charge in [0.1, 0.15) is 35.1 Å². The van der Waals surface area contributed by atoms with Crippen molar-refractivity contribution in [2.75, 3.05) is 13.7 Å². The number of methoxy groups -OCH3 is 1. The number of sulfonamides is 1. The van der Waals surface area contributed by atoms with Crippen LogP contribution in [-0.2, 0) is 29.1 Å². The van der Waals surface area contributed by atoms with E-state index >= 15 is 0 Å². The van der Waals surface area contributed by atoms with Crippen molar-refractivity contribution in [3.05, 3.63) is 55.5 Å².